The maximum absolute atomic E-state index is 5.95. The van der Waals surface area contributed by atoms with Crippen LogP contribution in [0.1, 0.15) is 33.4 Å². The van der Waals surface area contributed by atoms with E-state index >= 15 is 0 Å². The number of para-hydroxylation sites is 1. The van der Waals surface area contributed by atoms with Gasteiger partial charge in [-0.05, 0) is 33.3 Å². The molecular formula is C14H18BN3. The maximum Gasteiger partial charge on any atom is 0.148 e. The number of aryl methyl sites for hydroxylation is 1. The SMILES string of the molecule is [B]c1cccc2nc(CC)c(NC(C)(C)C)nc12. The molecule has 0 fully saturated rings. The molecule has 0 amide bonds. The maximum atomic E-state index is 5.95. The van der Waals surface area contributed by atoms with Gasteiger partial charge in [0.25, 0.3) is 0 Å². The van der Waals surface area contributed by atoms with Gasteiger partial charge in [-0.3, -0.25) is 0 Å². The molecule has 2 rings (SSSR count). The number of hydrogen-bond donors (Lipinski definition) is 1. The first-order valence-corrected chi connectivity index (χ1v) is 6.24. The van der Waals surface area contributed by atoms with E-state index in [2.05, 4.69) is 43.0 Å². The van der Waals surface area contributed by atoms with Gasteiger partial charge in [0.15, 0.2) is 0 Å². The summed E-state index contributed by atoms with van der Waals surface area (Å²) < 4.78 is 0. The quantitative estimate of drug-likeness (QED) is 0.816. The highest BCUT2D eigenvalue weighted by Gasteiger charge is 2.15. The van der Waals surface area contributed by atoms with Crippen LogP contribution < -0.4 is 10.8 Å². The third-order valence-corrected chi connectivity index (χ3v) is 2.63. The van der Waals surface area contributed by atoms with E-state index in [1.165, 1.54) is 0 Å². The van der Waals surface area contributed by atoms with Crippen molar-refractivity contribution in [2.24, 2.45) is 0 Å². The zero-order valence-electron chi connectivity index (χ0n) is 11.4. The molecule has 2 radical (unpaired) electrons. The predicted octanol–water partition coefficient (Wildman–Crippen LogP) is 2.20. The van der Waals surface area contributed by atoms with Crippen molar-refractivity contribution in [3.8, 4) is 0 Å². The minimum atomic E-state index is -0.0458. The first kappa shape index (κ1) is 12.9. The van der Waals surface area contributed by atoms with Crippen molar-refractivity contribution < 1.29 is 0 Å². The van der Waals surface area contributed by atoms with Crippen molar-refractivity contribution in [3.63, 3.8) is 0 Å². The molecular weight excluding hydrogens is 221 g/mol. The molecule has 0 aliphatic heterocycles. The third-order valence-electron chi connectivity index (χ3n) is 2.63. The lowest BCUT2D eigenvalue weighted by molar-refractivity contribution is 0.628. The van der Waals surface area contributed by atoms with Crippen molar-refractivity contribution >= 4 is 30.2 Å². The first-order valence-electron chi connectivity index (χ1n) is 6.24. The molecule has 0 atom stereocenters. The summed E-state index contributed by atoms with van der Waals surface area (Å²) >= 11 is 0. The van der Waals surface area contributed by atoms with E-state index < -0.39 is 0 Å². The summed E-state index contributed by atoms with van der Waals surface area (Å²) in [6, 6.07) is 5.70. The summed E-state index contributed by atoms with van der Waals surface area (Å²) in [6.45, 7) is 8.39. The number of rotatable bonds is 2. The fourth-order valence-corrected chi connectivity index (χ4v) is 1.84. The zero-order valence-corrected chi connectivity index (χ0v) is 11.4. The molecule has 2 aromatic rings. The Bertz CT molecular complexity index is 573. The van der Waals surface area contributed by atoms with Gasteiger partial charge in [-0.15, -0.1) is 0 Å². The van der Waals surface area contributed by atoms with Crippen LogP contribution in [0.2, 0.25) is 0 Å². The van der Waals surface area contributed by atoms with Gasteiger partial charge in [0.2, 0.25) is 0 Å². The lowest BCUT2D eigenvalue weighted by Crippen LogP contribution is -2.28. The number of fused-ring (bicyclic) bond motifs is 1. The first-order chi connectivity index (χ1) is 8.40. The largest absolute Gasteiger partial charge is 0.364 e. The number of hydrogen-bond acceptors (Lipinski definition) is 3. The fourth-order valence-electron chi connectivity index (χ4n) is 1.84. The van der Waals surface area contributed by atoms with Crippen LogP contribution in [0.4, 0.5) is 5.82 Å². The van der Waals surface area contributed by atoms with E-state index in [4.69, 9.17) is 7.85 Å². The summed E-state index contributed by atoms with van der Waals surface area (Å²) in [4.78, 5) is 9.27. The van der Waals surface area contributed by atoms with Gasteiger partial charge in [0.05, 0.1) is 16.7 Å². The van der Waals surface area contributed by atoms with Crippen LogP contribution in [-0.2, 0) is 6.42 Å². The van der Waals surface area contributed by atoms with Gasteiger partial charge in [-0.25, -0.2) is 9.97 Å². The second-order valence-corrected chi connectivity index (χ2v) is 5.46. The highest BCUT2D eigenvalue weighted by atomic mass is 15.1. The van der Waals surface area contributed by atoms with Gasteiger partial charge in [0.1, 0.15) is 13.7 Å². The molecule has 4 heteroatoms. The Hall–Kier alpha value is -1.58. The molecule has 1 heterocycles. The van der Waals surface area contributed by atoms with Crippen LogP contribution in [0.3, 0.4) is 0 Å². The van der Waals surface area contributed by atoms with Crippen molar-refractivity contribution in [1.82, 2.24) is 9.97 Å². The fraction of sp³-hybridized carbons (Fsp3) is 0.429. The van der Waals surface area contributed by atoms with Crippen molar-refractivity contribution in [2.75, 3.05) is 5.32 Å². The third kappa shape index (κ3) is 2.63. The van der Waals surface area contributed by atoms with E-state index in [0.717, 1.165) is 29.0 Å². The molecule has 0 aliphatic rings. The molecule has 3 nitrogen and oxygen atoms in total. The van der Waals surface area contributed by atoms with Crippen LogP contribution in [-0.4, -0.2) is 23.4 Å². The molecule has 0 aliphatic carbocycles. The molecule has 1 N–H and O–H groups in total. The van der Waals surface area contributed by atoms with Crippen LogP contribution >= 0.6 is 0 Å². The Balaban J connectivity index is 2.60. The van der Waals surface area contributed by atoms with E-state index in [1.807, 2.05) is 18.2 Å². The van der Waals surface area contributed by atoms with Crippen molar-refractivity contribution in [2.45, 2.75) is 39.7 Å². The van der Waals surface area contributed by atoms with Crippen LogP contribution in [0, 0.1) is 0 Å². The Labute approximate surface area is 109 Å². The second-order valence-electron chi connectivity index (χ2n) is 5.46. The highest BCUT2D eigenvalue weighted by molar-refractivity contribution is 6.38. The highest BCUT2D eigenvalue weighted by Crippen LogP contribution is 2.19. The minimum Gasteiger partial charge on any atom is -0.364 e. The van der Waals surface area contributed by atoms with Crippen LogP contribution in [0.15, 0.2) is 18.2 Å². The summed E-state index contributed by atoms with van der Waals surface area (Å²) in [5.41, 5.74) is 3.21. The summed E-state index contributed by atoms with van der Waals surface area (Å²) in [6.07, 6.45) is 0.843. The molecule has 92 valence electrons. The normalized spacial score (nSPS) is 11.8. The molecule has 1 aromatic heterocycles. The Kier molecular flexibility index (Phi) is 3.29. The molecule has 0 saturated carbocycles. The lowest BCUT2D eigenvalue weighted by Gasteiger charge is -2.23. The minimum absolute atomic E-state index is 0.0458. The average Bonchev–Trinajstić information content (AvgIpc) is 2.27. The number of nitrogens with zero attached hydrogens (tertiary/aromatic N) is 2. The van der Waals surface area contributed by atoms with E-state index in [0.29, 0.717) is 5.46 Å². The predicted molar refractivity (Wildman–Crippen MR) is 77.7 cm³/mol. The van der Waals surface area contributed by atoms with E-state index in [9.17, 15) is 0 Å². The number of nitrogens with one attached hydrogen (secondary N) is 1. The smallest absolute Gasteiger partial charge is 0.148 e. The Morgan fingerprint density at radius 1 is 1.22 bits per heavy atom. The number of benzene rings is 1. The van der Waals surface area contributed by atoms with E-state index in [1.54, 1.807) is 0 Å². The molecule has 0 bridgehead atoms. The molecule has 0 saturated heterocycles. The number of anilines is 1. The second kappa shape index (κ2) is 4.60. The van der Waals surface area contributed by atoms with Gasteiger partial charge in [-0.2, -0.15) is 0 Å². The zero-order chi connectivity index (χ0) is 13.3. The van der Waals surface area contributed by atoms with E-state index in [-0.39, 0.29) is 5.54 Å². The molecule has 0 unspecified atom stereocenters. The van der Waals surface area contributed by atoms with Crippen molar-refractivity contribution in [3.05, 3.63) is 23.9 Å². The standard InChI is InChI=1S/C14H18BN3/c1-5-10-13(18-14(2,3)4)17-12-9(15)7-6-8-11(12)16-10/h6-8H,5H2,1-4H3,(H,17,18). The monoisotopic (exact) mass is 239 g/mol. The summed E-state index contributed by atoms with van der Waals surface area (Å²) in [5.74, 6) is 0.829. The molecule has 1 aromatic carbocycles. The summed E-state index contributed by atoms with van der Waals surface area (Å²) in [5, 5.41) is 3.39. The van der Waals surface area contributed by atoms with Gasteiger partial charge < -0.3 is 5.32 Å². The van der Waals surface area contributed by atoms with Crippen LogP contribution in [0.25, 0.3) is 11.0 Å². The molecule has 0 spiro atoms. The van der Waals surface area contributed by atoms with Crippen molar-refractivity contribution in [1.29, 1.82) is 0 Å². The Morgan fingerprint density at radius 2 is 1.94 bits per heavy atom. The summed E-state index contributed by atoms with van der Waals surface area (Å²) in [7, 11) is 5.95. The lowest BCUT2D eigenvalue weighted by atomic mass is 9.94. The number of aromatic nitrogens is 2. The van der Waals surface area contributed by atoms with Gasteiger partial charge in [0, 0.05) is 5.54 Å². The van der Waals surface area contributed by atoms with Gasteiger partial charge in [-0.1, -0.05) is 24.5 Å². The van der Waals surface area contributed by atoms with Crippen LogP contribution in [0.5, 0.6) is 0 Å². The van der Waals surface area contributed by atoms with Gasteiger partial charge >= 0.3 is 0 Å². The molecule has 18 heavy (non-hydrogen) atoms. The average molecular weight is 239 g/mol. The Morgan fingerprint density at radius 3 is 2.56 bits per heavy atom. The topological polar surface area (TPSA) is 37.8 Å².